The molecule has 0 spiro atoms. The van der Waals surface area contributed by atoms with E-state index in [1.807, 2.05) is 0 Å². The Kier molecular flexibility index (Phi) is 6.15. The second-order valence-corrected chi connectivity index (χ2v) is 7.42. The molecule has 2 amide bonds. The Morgan fingerprint density at radius 2 is 1.32 bits per heavy atom. The number of pyridine rings is 1. The largest absolute Gasteiger partial charge is 0.319 e. The maximum atomic E-state index is 13.8. The molecule has 9 heteroatoms. The number of halogens is 4. The molecule has 0 radical (unpaired) electrons. The molecule has 0 aliphatic rings. The van der Waals surface area contributed by atoms with E-state index in [0.29, 0.717) is 8.95 Å². The molecule has 3 rings (SSSR count). The van der Waals surface area contributed by atoms with Crippen LogP contribution in [0.1, 0.15) is 20.8 Å². The van der Waals surface area contributed by atoms with Gasteiger partial charge in [-0.15, -0.1) is 0 Å². The third-order valence-corrected chi connectivity index (χ3v) is 4.60. The number of anilines is 2. The predicted molar refractivity (Wildman–Crippen MR) is 108 cm³/mol. The summed E-state index contributed by atoms with van der Waals surface area (Å²) < 4.78 is 28.7. The summed E-state index contributed by atoms with van der Waals surface area (Å²) in [6, 6.07) is 11.1. The smallest absolute Gasteiger partial charge is 0.274 e. The van der Waals surface area contributed by atoms with E-state index in [4.69, 9.17) is 0 Å². The minimum absolute atomic E-state index is 0.00235. The summed E-state index contributed by atoms with van der Waals surface area (Å²) >= 11 is 6.27. The van der Waals surface area contributed by atoms with Crippen LogP contribution in [-0.4, -0.2) is 16.8 Å². The summed E-state index contributed by atoms with van der Waals surface area (Å²) in [5.41, 5.74) is 0.144. The monoisotopic (exact) mass is 509 g/mol. The molecule has 2 N–H and O–H groups in total. The van der Waals surface area contributed by atoms with Gasteiger partial charge >= 0.3 is 0 Å². The fourth-order valence-corrected chi connectivity index (χ4v) is 2.89. The van der Waals surface area contributed by atoms with Crippen LogP contribution in [0.5, 0.6) is 0 Å². The quantitative estimate of drug-likeness (QED) is 0.494. The van der Waals surface area contributed by atoms with E-state index in [-0.39, 0.29) is 22.6 Å². The molecular formula is C19H11Br2F2N3O2. The fourth-order valence-electron chi connectivity index (χ4n) is 2.23. The number of carbonyl (C=O) groups is 2. The Morgan fingerprint density at radius 1 is 0.786 bits per heavy atom. The highest BCUT2D eigenvalue weighted by Crippen LogP contribution is 2.21. The normalized spacial score (nSPS) is 10.4. The first-order valence-corrected chi connectivity index (χ1v) is 9.41. The number of nitrogens with one attached hydrogen (secondary N) is 2. The van der Waals surface area contributed by atoms with Gasteiger partial charge in [0, 0.05) is 15.1 Å². The molecule has 3 aromatic rings. The molecule has 0 saturated heterocycles. The van der Waals surface area contributed by atoms with E-state index in [9.17, 15) is 18.4 Å². The van der Waals surface area contributed by atoms with E-state index in [0.717, 1.165) is 0 Å². The Hall–Kier alpha value is -2.65. The van der Waals surface area contributed by atoms with Crippen molar-refractivity contribution in [2.75, 3.05) is 10.6 Å². The van der Waals surface area contributed by atoms with Gasteiger partial charge in [0.2, 0.25) is 0 Å². The van der Waals surface area contributed by atoms with Crippen LogP contribution >= 0.6 is 31.9 Å². The molecule has 0 atom stereocenters. The molecule has 142 valence electrons. The average molecular weight is 511 g/mol. The molecule has 0 fully saturated rings. The van der Waals surface area contributed by atoms with Crippen molar-refractivity contribution in [1.82, 2.24) is 4.98 Å². The van der Waals surface area contributed by atoms with Crippen molar-refractivity contribution in [2.24, 2.45) is 0 Å². The number of hydrogen-bond donors (Lipinski definition) is 2. The summed E-state index contributed by atoms with van der Waals surface area (Å²) in [6.07, 6.45) is 1.18. The van der Waals surface area contributed by atoms with Crippen LogP contribution in [0.25, 0.3) is 0 Å². The molecule has 2 aromatic carbocycles. The lowest BCUT2D eigenvalue weighted by molar-refractivity contribution is 0.101. The van der Waals surface area contributed by atoms with Gasteiger partial charge in [-0.05, 0) is 48.5 Å². The third-order valence-electron chi connectivity index (χ3n) is 3.62. The van der Waals surface area contributed by atoms with Gasteiger partial charge in [0.25, 0.3) is 11.8 Å². The molecule has 0 aliphatic carbocycles. The molecule has 5 nitrogen and oxygen atoms in total. The average Bonchev–Trinajstić information content (AvgIpc) is 2.66. The van der Waals surface area contributed by atoms with E-state index < -0.39 is 23.4 Å². The van der Waals surface area contributed by atoms with Crippen LogP contribution in [0.2, 0.25) is 0 Å². The SMILES string of the molecule is O=C(Nc1ccc(Br)cc1F)c1ccc(C(=O)Nc2ccc(Br)cc2F)nc1. The van der Waals surface area contributed by atoms with Crippen molar-refractivity contribution in [2.45, 2.75) is 0 Å². The number of benzene rings is 2. The predicted octanol–water partition coefficient (Wildman–Crippen LogP) is 5.39. The van der Waals surface area contributed by atoms with E-state index in [1.54, 1.807) is 12.1 Å². The fraction of sp³-hybridized carbons (Fsp3) is 0. The van der Waals surface area contributed by atoms with Crippen LogP contribution in [0, 0.1) is 11.6 Å². The van der Waals surface area contributed by atoms with Crippen molar-refractivity contribution < 1.29 is 18.4 Å². The molecule has 0 aliphatic heterocycles. The van der Waals surface area contributed by atoms with Crippen LogP contribution in [-0.2, 0) is 0 Å². The summed E-state index contributed by atoms with van der Waals surface area (Å²) in [7, 11) is 0. The maximum absolute atomic E-state index is 13.8. The number of carbonyl (C=O) groups excluding carboxylic acids is 2. The highest BCUT2D eigenvalue weighted by Gasteiger charge is 2.14. The van der Waals surface area contributed by atoms with Gasteiger partial charge in [0.05, 0.1) is 16.9 Å². The number of hydrogen-bond acceptors (Lipinski definition) is 3. The highest BCUT2D eigenvalue weighted by atomic mass is 79.9. The topological polar surface area (TPSA) is 71.1 Å². The van der Waals surface area contributed by atoms with Crippen molar-refractivity contribution in [1.29, 1.82) is 0 Å². The zero-order valence-electron chi connectivity index (χ0n) is 14.0. The van der Waals surface area contributed by atoms with Crippen LogP contribution < -0.4 is 10.6 Å². The molecule has 0 unspecified atom stereocenters. The summed E-state index contributed by atoms with van der Waals surface area (Å²) in [6.45, 7) is 0. The standard InChI is InChI=1S/C19H11Br2F2N3O2/c20-11-2-5-15(13(22)7-11)25-18(27)10-1-4-17(24-9-10)19(28)26-16-6-3-12(21)8-14(16)23/h1-9H,(H,25,27)(H,26,28). The van der Waals surface area contributed by atoms with Gasteiger partial charge in [0.15, 0.2) is 0 Å². The molecule has 1 aromatic heterocycles. The molecule has 0 saturated carbocycles. The van der Waals surface area contributed by atoms with Gasteiger partial charge in [-0.2, -0.15) is 0 Å². The molecule has 1 heterocycles. The number of amides is 2. The lowest BCUT2D eigenvalue weighted by Crippen LogP contribution is -2.17. The lowest BCUT2D eigenvalue weighted by atomic mass is 10.2. The van der Waals surface area contributed by atoms with E-state index in [1.165, 1.54) is 42.6 Å². The Bertz CT molecular complexity index is 975. The highest BCUT2D eigenvalue weighted by molar-refractivity contribution is 9.10. The van der Waals surface area contributed by atoms with Gasteiger partial charge in [-0.3, -0.25) is 14.6 Å². The van der Waals surface area contributed by atoms with Crippen molar-refractivity contribution in [3.05, 3.63) is 86.6 Å². The second kappa shape index (κ2) is 8.57. The van der Waals surface area contributed by atoms with Gasteiger partial charge < -0.3 is 10.6 Å². The Balaban J connectivity index is 1.70. The van der Waals surface area contributed by atoms with Gasteiger partial charge in [-0.25, -0.2) is 8.78 Å². The molecule has 0 bridgehead atoms. The van der Waals surface area contributed by atoms with Crippen molar-refractivity contribution >= 4 is 55.0 Å². The number of aromatic nitrogens is 1. The van der Waals surface area contributed by atoms with Crippen LogP contribution in [0.3, 0.4) is 0 Å². The zero-order chi connectivity index (χ0) is 20.3. The number of rotatable bonds is 4. The van der Waals surface area contributed by atoms with E-state index >= 15 is 0 Å². The van der Waals surface area contributed by atoms with Crippen molar-refractivity contribution in [3.63, 3.8) is 0 Å². The minimum Gasteiger partial charge on any atom is -0.319 e. The molecular weight excluding hydrogens is 500 g/mol. The molecule has 28 heavy (non-hydrogen) atoms. The Labute approximate surface area is 175 Å². The van der Waals surface area contributed by atoms with Gasteiger partial charge in [0.1, 0.15) is 17.3 Å². The first-order valence-electron chi connectivity index (χ1n) is 7.82. The van der Waals surface area contributed by atoms with Crippen LogP contribution in [0.4, 0.5) is 20.2 Å². The summed E-state index contributed by atoms with van der Waals surface area (Å²) in [4.78, 5) is 28.3. The Morgan fingerprint density at radius 3 is 1.79 bits per heavy atom. The third kappa shape index (κ3) is 4.79. The lowest BCUT2D eigenvalue weighted by Gasteiger charge is -2.08. The van der Waals surface area contributed by atoms with E-state index in [2.05, 4.69) is 47.5 Å². The van der Waals surface area contributed by atoms with Gasteiger partial charge in [-0.1, -0.05) is 31.9 Å². The number of nitrogens with zero attached hydrogens (tertiary/aromatic N) is 1. The zero-order valence-corrected chi connectivity index (χ0v) is 17.1. The van der Waals surface area contributed by atoms with Crippen LogP contribution in [0.15, 0.2) is 63.7 Å². The first kappa shape index (κ1) is 20.1. The summed E-state index contributed by atoms with van der Waals surface area (Å²) in [5, 5.41) is 4.83. The minimum atomic E-state index is -0.632. The first-order chi connectivity index (χ1) is 13.3. The summed E-state index contributed by atoms with van der Waals surface area (Å²) in [5.74, 6) is -2.41. The second-order valence-electron chi connectivity index (χ2n) is 5.59. The maximum Gasteiger partial charge on any atom is 0.274 e. The van der Waals surface area contributed by atoms with Crippen molar-refractivity contribution in [3.8, 4) is 0 Å².